The van der Waals surface area contributed by atoms with E-state index in [1.165, 1.54) is 6.33 Å². The SMILES string of the molecule is N#Cc1ccccc1OCCCSc1ncn[nH]1. The van der Waals surface area contributed by atoms with Crippen molar-refractivity contribution in [3.05, 3.63) is 36.2 Å². The summed E-state index contributed by atoms with van der Waals surface area (Å²) in [5, 5.41) is 16.3. The lowest BCUT2D eigenvalue weighted by atomic mass is 10.2. The van der Waals surface area contributed by atoms with Gasteiger partial charge in [0.2, 0.25) is 0 Å². The Morgan fingerprint density at radius 2 is 2.28 bits per heavy atom. The third-order valence-electron chi connectivity index (χ3n) is 2.19. The van der Waals surface area contributed by atoms with Gasteiger partial charge in [-0.05, 0) is 18.6 Å². The van der Waals surface area contributed by atoms with Gasteiger partial charge in [-0.15, -0.1) is 0 Å². The molecule has 2 rings (SSSR count). The average molecular weight is 260 g/mol. The molecule has 2 aromatic rings. The molecule has 0 spiro atoms. The molecule has 0 fully saturated rings. The molecular weight excluding hydrogens is 248 g/mol. The Labute approximate surface area is 109 Å². The summed E-state index contributed by atoms with van der Waals surface area (Å²) >= 11 is 1.60. The first-order chi connectivity index (χ1) is 8.90. The van der Waals surface area contributed by atoms with E-state index in [9.17, 15) is 0 Å². The van der Waals surface area contributed by atoms with E-state index in [2.05, 4.69) is 21.3 Å². The van der Waals surface area contributed by atoms with Crippen LogP contribution in [0.4, 0.5) is 0 Å². The zero-order valence-corrected chi connectivity index (χ0v) is 10.5. The Morgan fingerprint density at radius 3 is 3.06 bits per heavy atom. The van der Waals surface area contributed by atoms with E-state index in [0.717, 1.165) is 17.3 Å². The van der Waals surface area contributed by atoms with Crippen molar-refractivity contribution in [2.75, 3.05) is 12.4 Å². The van der Waals surface area contributed by atoms with E-state index in [4.69, 9.17) is 10.00 Å². The molecule has 0 unspecified atom stereocenters. The fourth-order valence-corrected chi connectivity index (χ4v) is 2.05. The molecule has 1 aromatic heterocycles. The Hall–Kier alpha value is -2.00. The molecule has 0 aliphatic heterocycles. The van der Waals surface area contributed by atoms with Crippen LogP contribution in [0.2, 0.25) is 0 Å². The summed E-state index contributed by atoms with van der Waals surface area (Å²) in [7, 11) is 0. The normalized spacial score (nSPS) is 9.94. The van der Waals surface area contributed by atoms with Gasteiger partial charge in [0.25, 0.3) is 0 Å². The zero-order valence-electron chi connectivity index (χ0n) is 9.67. The van der Waals surface area contributed by atoms with E-state index in [0.29, 0.717) is 17.9 Å². The molecule has 5 nitrogen and oxygen atoms in total. The Bertz CT molecular complexity index is 521. The quantitative estimate of drug-likeness (QED) is 0.637. The van der Waals surface area contributed by atoms with Crippen LogP contribution in [-0.2, 0) is 0 Å². The second kappa shape index (κ2) is 6.67. The standard InChI is InChI=1S/C12H12N4OS/c13-8-10-4-1-2-5-11(10)17-6-3-7-18-12-14-9-15-16-12/h1-2,4-5,9H,3,6-7H2,(H,14,15,16). The molecule has 0 aliphatic rings. The molecule has 6 heteroatoms. The maximum absolute atomic E-state index is 8.89. The van der Waals surface area contributed by atoms with Gasteiger partial charge in [0.05, 0.1) is 12.2 Å². The molecule has 1 aromatic carbocycles. The van der Waals surface area contributed by atoms with Crippen molar-refractivity contribution in [3.63, 3.8) is 0 Å². The van der Waals surface area contributed by atoms with Crippen molar-refractivity contribution < 1.29 is 4.74 Å². The maximum atomic E-state index is 8.89. The summed E-state index contributed by atoms with van der Waals surface area (Å²) in [5.74, 6) is 1.54. The fourth-order valence-electron chi connectivity index (χ4n) is 1.36. The van der Waals surface area contributed by atoms with Gasteiger partial charge in [0, 0.05) is 5.75 Å². The number of aromatic nitrogens is 3. The summed E-state index contributed by atoms with van der Waals surface area (Å²) < 4.78 is 5.57. The van der Waals surface area contributed by atoms with Gasteiger partial charge in [-0.25, -0.2) is 4.98 Å². The minimum Gasteiger partial charge on any atom is -0.492 e. The molecule has 1 N–H and O–H groups in total. The topological polar surface area (TPSA) is 74.6 Å². The van der Waals surface area contributed by atoms with Gasteiger partial charge in [0.1, 0.15) is 18.1 Å². The molecule has 92 valence electrons. The van der Waals surface area contributed by atoms with Gasteiger partial charge in [-0.1, -0.05) is 23.9 Å². The number of nitriles is 1. The number of hydrogen-bond donors (Lipinski definition) is 1. The number of nitrogens with zero attached hydrogens (tertiary/aromatic N) is 3. The van der Waals surface area contributed by atoms with E-state index in [1.807, 2.05) is 18.2 Å². The average Bonchev–Trinajstić information content (AvgIpc) is 2.92. The van der Waals surface area contributed by atoms with Gasteiger partial charge < -0.3 is 4.74 Å². The number of thioether (sulfide) groups is 1. The summed E-state index contributed by atoms with van der Waals surface area (Å²) in [6.45, 7) is 0.583. The smallest absolute Gasteiger partial charge is 0.183 e. The Kier molecular flexibility index (Phi) is 4.61. The van der Waals surface area contributed by atoms with Gasteiger partial charge in [-0.3, -0.25) is 5.10 Å². The van der Waals surface area contributed by atoms with Crippen molar-refractivity contribution in [1.29, 1.82) is 5.26 Å². The van der Waals surface area contributed by atoms with Crippen LogP contribution < -0.4 is 4.74 Å². The number of ether oxygens (including phenoxy) is 1. The van der Waals surface area contributed by atoms with Gasteiger partial charge >= 0.3 is 0 Å². The highest BCUT2D eigenvalue weighted by Crippen LogP contribution is 2.17. The van der Waals surface area contributed by atoms with Crippen LogP contribution in [0.15, 0.2) is 35.7 Å². The highest BCUT2D eigenvalue weighted by atomic mass is 32.2. The molecule has 0 amide bonds. The molecule has 0 aliphatic carbocycles. The molecule has 1 heterocycles. The van der Waals surface area contributed by atoms with Gasteiger partial charge in [-0.2, -0.15) is 10.4 Å². The van der Waals surface area contributed by atoms with E-state index < -0.39 is 0 Å². The second-order valence-electron chi connectivity index (χ2n) is 3.45. The number of benzene rings is 1. The highest BCUT2D eigenvalue weighted by Gasteiger charge is 2.01. The molecule has 0 saturated heterocycles. The summed E-state index contributed by atoms with van der Waals surface area (Å²) in [6.07, 6.45) is 2.37. The number of aromatic amines is 1. The van der Waals surface area contributed by atoms with E-state index in [1.54, 1.807) is 17.8 Å². The molecule has 0 atom stereocenters. The van der Waals surface area contributed by atoms with Crippen LogP contribution in [0, 0.1) is 11.3 Å². The molecule has 0 saturated carbocycles. The zero-order chi connectivity index (χ0) is 12.6. The van der Waals surface area contributed by atoms with Crippen LogP contribution >= 0.6 is 11.8 Å². The van der Waals surface area contributed by atoms with Crippen LogP contribution in [0.3, 0.4) is 0 Å². The third-order valence-corrected chi connectivity index (χ3v) is 3.15. The first kappa shape index (κ1) is 12.5. The van der Waals surface area contributed by atoms with Crippen molar-refractivity contribution in [3.8, 4) is 11.8 Å². The van der Waals surface area contributed by atoms with Crippen molar-refractivity contribution >= 4 is 11.8 Å². The summed E-state index contributed by atoms with van der Waals surface area (Å²) in [6, 6.07) is 9.35. The van der Waals surface area contributed by atoms with E-state index in [-0.39, 0.29) is 0 Å². The van der Waals surface area contributed by atoms with Crippen LogP contribution in [0.5, 0.6) is 5.75 Å². The Balaban J connectivity index is 1.71. The van der Waals surface area contributed by atoms with Crippen LogP contribution in [0.1, 0.15) is 12.0 Å². The largest absolute Gasteiger partial charge is 0.492 e. The first-order valence-corrected chi connectivity index (χ1v) is 6.49. The van der Waals surface area contributed by atoms with Crippen molar-refractivity contribution in [2.24, 2.45) is 0 Å². The number of H-pyrrole nitrogens is 1. The lowest BCUT2D eigenvalue weighted by Gasteiger charge is -2.06. The molecule has 18 heavy (non-hydrogen) atoms. The third kappa shape index (κ3) is 3.50. The fraction of sp³-hybridized carbons (Fsp3) is 0.250. The summed E-state index contributed by atoms with van der Waals surface area (Å²) in [4.78, 5) is 4.01. The first-order valence-electron chi connectivity index (χ1n) is 5.50. The monoisotopic (exact) mass is 260 g/mol. The van der Waals surface area contributed by atoms with Crippen LogP contribution in [0.25, 0.3) is 0 Å². The predicted octanol–water partition coefficient (Wildman–Crippen LogP) is 2.24. The lowest BCUT2D eigenvalue weighted by molar-refractivity contribution is 0.318. The molecule has 0 radical (unpaired) electrons. The van der Waals surface area contributed by atoms with Crippen molar-refractivity contribution in [2.45, 2.75) is 11.6 Å². The Morgan fingerprint density at radius 1 is 1.39 bits per heavy atom. The number of hydrogen-bond acceptors (Lipinski definition) is 5. The van der Waals surface area contributed by atoms with Crippen molar-refractivity contribution in [1.82, 2.24) is 15.2 Å². The minimum absolute atomic E-state index is 0.570. The van der Waals surface area contributed by atoms with E-state index >= 15 is 0 Å². The second-order valence-corrected chi connectivity index (χ2v) is 4.53. The predicted molar refractivity (Wildman–Crippen MR) is 68.4 cm³/mol. The number of nitrogens with one attached hydrogen (secondary N) is 1. The highest BCUT2D eigenvalue weighted by molar-refractivity contribution is 7.99. The maximum Gasteiger partial charge on any atom is 0.183 e. The molecule has 0 bridgehead atoms. The van der Waals surface area contributed by atoms with Crippen LogP contribution in [-0.4, -0.2) is 27.5 Å². The summed E-state index contributed by atoms with van der Waals surface area (Å²) in [5.41, 5.74) is 0.570. The minimum atomic E-state index is 0.570. The van der Waals surface area contributed by atoms with Gasteiger partial charge in [0.15, 0.2) is 5.16 Å². The number of para-hydroxylation sites is 1. The lowest BCUT2D eigenvalue weighted by Crippen LogP contribution is -2.00. The molecular formula is C12H12N4OS. The number of rotatable bonds is 6.